The number of aryl methyl sites for hydroxylation is 1. The minimum Gasteiger partial charge on any atom is -0.385 e. The number of halogens is 1. The first-order valence-electron chi connectivity index (χ1n) is 5.35. The average Bonchev–Trinajstić information content (AvgIpc) is 2.26. The molecule has 17 heavy (non-hydrogen) atoms. The molecule has 0 aliphatic heterocycles. The summed E-state index contributed by atoms with van der Waals surface area (Å²) in [7, 11) is -3.56. The van der Waals surface area contributed by atoms with Crippen molar-refractivity contribution in [1.82, 2.24) is 0 Å². The van der Waals surface area contributed by atoms with Crippen LogP contribution in [0.15, 0.2) is 24.3 Å². The van der Waals surface area contributed by atoms with Gasteiger partial charge in [0.1, 0.15) is 6.10 Å². The van der Waals surface area contributed by atoms with Gasteiger partial charge in [0.05, 0.1) is 0 Å². The van der Waals surface area contributed by atoms with E-state index in [1.54, 1.807) is 19.1 Å². The molecule has 2 unspecified atom stereocenters. The van der Waals surface area contributed by atoms with Crippen molar-refractivity contribution in [3.05, 3.63) is 35.4 Å². The van der Waals surface area contributed by atoms with E-state index in [0.717, 1.165) is 11.8 Å². The molecule has 0 amide bonds. The van der Waals surface area contributed by atoms with Gasteiger partial charge in [-0.25, -0.2) is 8.42 Å². The van der Waals surface area contributed by atoms with Crippen LogP contribution in [0.3, 0.4) is 0 Å². The highest BCUT2D eigenvalue weighted by Crippen LogP contribution is 2.39. The van der Waals surface area contributed by atoms with Crippen LogP contribution in [0, 0.1) is 6.92 Å². The van der Waals surface area contributed by atoms with Gasteiger partial charge >= 0.3 is 0 Å². The van der Waals surface area contributed by atoms with E-state index in [2.05, 4.69) is 0 Å². The Morgan fingerprint density at radius 1 is 1.35 bits per heavy atom. The highest BCUT2D eigenvalue weighted by atomic mass is 35.5. The lowest BCUT2D eigenvalue weighted by molar-refractivity contribution is 0.155. The highest BCUT2D eigenvalue weighted by molar-refractivity contribution is 7.93. The van der Waals surface area contributed by atoms with Crippen molar-refractivity contribution in [3.63, 3.8) is 0 Å². The van der Waals surface area contributed by atoms with Crippen LogP contribution >= 0.6 is 11.6 Å². The Labute approximate surface area is 107 Å². The molecule has 0 saturated carbocycles. The smallest absolute Gasteiger partial charge is 0.174 e. The fraction of sp³-hybridized carbons (Fsp3) is 0.500. The lowest BCUT2D eigenvalue weighted by atomic mass is 10.0. The lowest BCUT2D eigenvalue weighted by Crippen LogP contribution is -2.37. The van der Waals surface area contributed by atoms with Crippen molar-refractivity contribution in [2.24, 2.45) is 0 Å². The molecule has 1 N–H and O–H groups in total. The molecule has 5 heteroatoms. The van der Waals surface area contributed by atoms with Crippen LogP contribution in [0.4, 0.5) is 0 Å². The molecule has 0 heterocycles. The molecular formula is C12H17ClO3S. The van der Waals surface area contributed by atoms with Crippen molar-refractivity contribution < 1.29 is 13.5 Å². The quantitative estimate of drug-likeness (QED) is 0.860. The van der Waals surface area contributed by atoms with Crippen LogP contribution in [0.2, 0.25) is 0 Å². The second-order valence-electron chi connectivity index (χ2n) is 4.23. The molecular weight excluding hydrogens is 260 g/mol. The molecule has 96 valence electrons. The number of sulfone groups is 1. The van der Waals surface area contributed by atoms with Crippen LogP contribution in [-0.2, 0) is 9.84 Å². The largest absolute Gasteiger partial charge is 0.385 e. The predicted molar refractivity (Wildman–Crippen MR) is 69.9 cm³/mol. The first kappa shape index (κ1) is 14.5. The Balaban J connectivity index is 3.19. The van der Waals surface area contributed by atoms with Crippen LogP contribution < -0.4 is 0 Å². The molecule has 0 fully saturated rings. The number of benzene rings is 1. The molecule has 0 radical (unpaired) electrons. The Morgan fingerprint density at radius 3 is 2.18 bits per heavy atom. The van der Waals surface area contributed by atoms with E-state index in [4.69, 9.17) is 11.6 Å². The molecule has 1 aromatic carbocycles. The number of aliphatic hydroxyl groups excluding tert-OH is 1. The molecule has 2 atom stereocenters. The molecule has 0 saturated heterocycles. The summed E-state index contributed by atoms with van der Waals surface area (Å²) < 4.78 is 21.7. The fourth-order valence-corrected chi connectivity index (χ4v) is 2.85. The lowest BCUT2D eigenvalue weighted by Gasteiger charge is -2.29. The summed E-state index contributed by atoms with van der Waals surface area (Å²) in [6, 6.07) is 7.01. The number of alkyl halides is 1. The van der Waals surface area contributed by atoms with Crippen molar-refractivity contribution in [3.8, 4) is 0 Å². The fourth-order valence-electron chi connectivity index (χ4n) is 1.66. The first-order valence-corrected chi connectivity index (χ1v) is 7.62. The number of rotatable bonds is 4. The topological polar surface area (TPSA) is 54.4 Å². The summed E-state index contributed by atoms with van der Waals surface area (Å²) >= 11 is 6.09. The maximum atomic E-state index is 11.7. The Hall–Kier alpha value is -0.580. The minimum absolute atomic E-state index is 0.141. The standard InChI is InChI=1S/C12H17ClO3S/c1-4-12(13,17(3,15)16)11(14)10-7-5-9(2)6-8-10/h5-8,11,14H,4H2,1-3H3. The van der Waals surface area contributed by atoms with Gasteiger partial charge in [0.2, 0.25) is 0 Å². The third-order valence-corrected chi connectivity index (χ3v) is 5.96. The van der Waals surface area contributed by atoms with Gasteiger partial charge in [-0.1, -0.05) is 48.4 Å². The van der Waals surface area contributed by atoms with Gasteiger partial charge in [0.15, 0.2) is 14.0 Å². The van der Waals surface area contributed by atoms with Gasteiger partial charge in [0, 0.05) is 6.26 Å². The normalized spacial score (nSPS) is 17.5. The third-order valence-electron chi connectivity index (χ3n) is 2.90. The summed E-state index contributed by atoms with van der Waals surface area (Å²) in [4.78, 5) is 0. The maximum absolute atomic E-state index is 11.7. The second kappa shape index (κ2) is 4.96. The van der Waals surface area contributed by atoms with E-state index in [-0.39, 0.29) is 6.42 Å². The Kier molecular flexibility index (Phi) is 4.23. The zero-order valence-electron chi connectivity index (χ0n) is 10.1. The van der Waals surface area contributed by atoms with Crippen LogP contribution in [0.1, 0.15) is 30.6 Å². The summed E-state index contributed by atoms with van der Waals surface area (Å²) in [5.74, 6) is 0. The van der Waals surface area contributed by atoms with Crippen molar-refractivity contribution >= 4 is 21.4 Å². The summed E-state index contributed by atoms with van der Waals surface area (Å²) in [6.07, 6.45) is -0.0478. The second-order valence-corrected chi connectivity index (χ2v) is 7.40. The predicted octanol–water partition coefficient (Wildman–Crippen LogP) is 2.42. The molecule has 0 spiro atoms. The molecule has 0 aliphatic rings. The molecule has 0 aliphatic carbocycles. The Morgan fingerprint density at radius 2 is 1.82 bits per heavy atom. The maximum Gasteiger partial charge on any atom is 0.174 e. The van der Waals surface area contributed by atoms with E-state index in [9.17, 15) is 13.5 Å². The highest BCUT2D eigenvalue weighted by Gasteiger charge is 2.44. The van der Waals surface area contributed by atoms with Gasteiger partial charge in [-0.05, 0) is 18.9 Å². The van der Waals surface area contributed by atoms with Gasteiger partial charge < -0.3 is 5.11 Å². The van der Waals surface area contributed by atoms with E-state index in [0.29, 0.717) is 5.56 Å². The molecule has 3 nitrogen and oxygen atoms in total. The van der Waals surface area contributed by atoms with Crippen molar-refractivity contribution in [1.29, 1.82) is 0 Å². The van der Waals surface area contributed by atoms with Gasteiger partial charge in [0.25, 0.3) is 0 Å². The minimum atomic E-state index is -3.56. The zero-order chi connectivity index (χ0) is 13.3. The first-order chi connectivity index (χ1) is 7.72. The van der Waals surface area contributed by atoms with Crippen LogP contribution in [0.5, 0.6) is 0 Å². The van der Waals surface area contributed by atoms with Crippen LogP contribution in [0.25, 0.3) is 0 Å². The van der Waals surface area contributed by atoms with E-state index < -0.39 is 20.1 Å². The summed E-state index contributed by atoms with van der Waals surface area (Å²) in [5, 5.41) is 10.2. The van der Waals surface area contributed by atoms with Crippen molar-refractivity contribution in [2.45, 2.75) is 30.6 Å². The summed E-state index contributed by atoms with van der Waals surface area (Å²) in [5.41, 5.74) is 1.55. The monoisotopic (exact) mass is 276 g/mol. The van der Waals surface area contributed by atoms with E-state index >= 15 is 0 Å². The number of aliphatic hydroxyl groups is 1. The van der Waals surface area contributed by atoms with E-state index in [1.807, 2.05) is 19.1 Å². The van der Waals surface area contributed by atoms with Gasteiger partial charge in [-0.2, -0.15) is 0 Å². The molecule has 0 aromatic heterocycles. The van der Waals surface area contributed by atoms with Gasteiger partial charge in [-0.15, -0.1) is 0 Å². The van der Waals surface area contributed by atoms with Crippen molar-refractivity contribution in [2.75, 3.05) is 6.26 Å². The van der Waals surface area contributed by atoms with E-state index in [1.165, 1.54) is 0 Å². The average molecular weight is 277 g/mol. The molecule has 0 bridgehead atoms. The van der Waals surface area contributed by atoms with Gasteiger partial charge in [-0.3, -0.25) is 0 Å². The summed E-state index contributed by atoms with van der Waals surface area (Å²) in [6.45, 7) is 3.56. The molecule has 1 rings (SSSR count). The number of hydrogen-bond donors (Lipinski definition) is 1. The van der Waals surface area contributed by atoms with Crippen LogP contribution in [-0.4, -0.2) is 24.0 Å². The zero-order valence-corrected chi connectivity index (χ0v) is 11.7. The SMILES string of the molecule is CCC(Cl)(C(O)c1ccc(C)cc1)S(C)(=O)=O. The number of hydrogen-bond acceptors (Lipinski definition) is 3. The Bertz CT molecular complexity index is 481. The third kappa shape index (κ3) is 2.81. The molecule has 1 aromatic rings.